The fourth-order valence-corrected chi connectivity index (χ4v) is 0.760. The predicted molar refractivity (Wildman–Crippen MR) is 51.7 cm³/mol. The third kappa shape index (κ3) is 7.65. The number of hydrogen-bond acceptors (Lipinski definition) is 4. The SMILES string of the molecule is C=C(C#N)C(=O)OCCCCOCCF. The lowest BCUT2D eigenvalue weighted by atomic mass is 10.3. The van der Waals surface area contributed by atoms with Gasteiger partial charge in [-0.05, 0) is 12.8 Å². The number of hydrogen-bond donors (Lipinski definition) is 0. The highest BCUT2D eigenvalue weighted by molar-refractivity contribution is 5.91. The fraction of sp³-hybridized carbons (Fsp3) is 0.600. The molecule has 0 aliphatic rings. The van der Waals surface area contributed by atoms with E-state index in [0.29, 0.717) is 19.4 Å². The summed E-state index contributed by atoms with van der Waals surface area (Å²) in [5, 5.41) is 8.30. The van der Waals surface area contributed by atoms with Crippen molar-refractivity contribution < 1.29 is 18.7 Å². The van der Waals surface area contributed by atoms with Crippen molar-refractivity contribution in [1.82, 2.24) is 0 Å². The van der Waals surface area contributed by atoms with Gasteiger partial charge >= 0.3 is 5.97 Å². The number of rotatable bonds is 8. The topological polar surface area (TPSA) is 59.3 Å². The highest BCUT2D eigenvalue weighted by Gasteiger charge is 2.06. The maximum Gasteiger partial charge on any atom is 0.348 e. The van der Waals surface area contributed by atoms with Crippen LogP contribution in [0.2, 0.25) is 0 Å². The minimum absolute atomic E-state index is 0.102. The summed E-state index contributed by atoms with van der Waals surface area (Å²) in [6.45, 7) is 3.49. The number of unbranched alkanes of at least 4 members (excludes halogenated alkanes) is 1. The quantitative estimate of drug-likeness (QED) is 0.265. The van der Waals surface area contributed by atoms with Crippen LogP contribution in [-0.2, 0) is 14.3 Å². The van der Waals surface area contributed by atoms with Crippen LogP contribution in [0.1, 0.15) is 12.8 Å². The maximum atomic E-state index is 11.6. The molecule has 0 amide bonds. The summed E-state index contributed by atoms with van der Waals surface area (Å²) in [5.74, 6) is -0.692. The molecule has 5 heteroatoms. The number of nitriles is 1. The van der Waals surface area contributed by atoms with Gasteiger partial charge in [-0.3, -0.25) is 0 Å². The molecule has 0 unspecified atom stereocenters. The number of halogens is 1. The average molecular weight is 215 g/mol. The van der Waals surface area contributed by atoms with E-state index in [1.165, 1.54) is 0 Å². The molecule has 0 radical (unpaired) electrons. The van der Waals surface area contributed by atoms with Gasteiger partial charge in [0.25, 0.3) is 0 Å². The van der Waals surface area contributed by atoms with Crippen molar-refractivity contribution in [3.05, 3.63) is 12.2 Å². The van der Waals surface area contributed by atoms with Crippen LogP contribution >= 0.6 is 0 Å². The van der Waals surface area contributed by atoms with Crippen LogP contribution < -0.4 is 0 Å². The van der Waals surface area contributed by atoms with Gasteiger partial charge in [-0.1, -0.05) is 6.58 Å². The van der Waals surface area contributed by atoms with Crippen LogP contribution in [0.3, 0.4) is 0 Å². The van der Waals surface area contributed by atoms with E-state index in [1.807, 2.05) is 0 Å². The van der Waals surface area contributed by atoms with E-state index < -0.39 is 12.6 Å². The summed E-state index contributed by atoms with van der Waals surface area (Å²) in [5.41, 5.74) is -0.205. The molecule has 4 nitrogen and oxygen atoms in total. The lowest BCUT2D eigenvalue weighted by Crippen LogP contribution is -2.08. The monoisotopic (exact) mass is 215 g/mol. The lowest BCUT2D eigenvalue weighted by Gasteiger charge is -2.03. The van der Waals surface area contributed by atoms with E-state index >= 15 is 0 Å². The number of carbonyl (C=O) groups excluding carboxylic acids is 1. The average Bonchev–Trinajstić information content (AvgIpc) is 2.26. The Bertz CT molecular complexity index is 248. The minimum Gasteiger partial charge on any atom is -0.462 e. The Morgan fingerprint density at radius 3 is 2.60 bits per heavy atom. The largest absolute Gasteiger partial charge is 0.462 e. The van der Waals surface area contributed by atoms with Gasteiger partial charge in [0.1, 0.15) is 18.3 Å². The van der Waals surface area contributed by atoms with Crippen molar-refractivity contribution >= 4 is 5.97 Å². The van der Waals surface area contributed by atoms with Crippen molar-refractivity contribution in [3.8, 4) is 6.07 Å². The first-order chi connectivity index (χ1) is 7.22. The molecule has 0 aromatic heterocycles. The van der Waals surface area contributed by atoms with Crippen LogP contribution in [0.4, 0.5) is 4.39 Å². The van der Waals surface area contributed by atoms with E-state index in [4.69, 9.17) is 14.7 Å². The number of carbonyl (C=O) groups is 1. The van der Waals surface area contributed by atoms with Gasteiger partial charge in [0, 0.05) is 6.61 Å². The lowest BCUT2D eigenvalue weighted by molar-refractivity contribution is -0.138. The summed E-state index contributed by atoms with van der Waals surface area (Å²) in [4.78, 5) is 10.9. The van der Waals surface area contributed by atoms with Crippen molar-refractivity contribution in [2.24, 2.45) is 0 Å². The zero-order valence-electron chi connectivity index (χ0n) is 8.50. The summed E-state index contributed by atoms with van der Waals surface area (Å²) < 4.78 is 21.2. The van der Waals surface area contributed by atoms with Crippen LogP contribution in [-0.4, -0.2) is 32.5 Å². The smallest absolute Gasteiger partial charge is 0.348 e. The summed E-state index contributed by atoms with van der Waals surface area (Å²) in [7, 11) is 0. The van der Waals surface area contributed by atoms with E-state index in [-0.39, 0.29) is 18.8 Å². The molecule has 0 aliphatic heterocycles. The second-order valence-corrected chi connectivity index (χ2v) is 2.73. The Labute approximate surface area is 88.3 Å². The normalized spacial score (nSPS) is 9.33. The van der Waals surface area contributed by atoms with Crippen molar-refractivity contribution in [1.29, 1.82) is 5.26 Å². The van der Waals surface area contributed by atoms with Crippen molar-refractivity contribution in [2.45, 2.75) is 12.8 Å². The van der Waals surface area contributed by atoms with Gasteiger partial charge in [0.15, 0.2) is 0 Å². The zero-order valence-corrected chi connectivity index (χ0v) is 8.50. The molecule has 0 spiro atoms. The number of alkyl halides is 1. The molecule has 15 heavy (non-hydrogen) atoms. The second kappa shape index (κ2) is 9.16. The van der Waals surface area contributed by atoms with Crippen molar-refractivity contribution in [3.63, 3.8) is 0 Å². The highest BCUT2D eigenvalue weighted by Crippen LogP contribution is 1.96. The number of nitrogens with zero attached hydrogens (tertiary/aromatic N) is 1. The van der Waals surface area contributed by atoms with E-state index in [2.05, 4.69) is 6.58 Å². The zero-order chi connectivity index (χ0) is 11.5. The molecule has 0 heterocycles. The summed E-state index contributed by atoms with van der Waals surface area (Å²) in [6, 6.07) is 1.60. The molecule has 0 atom stereocenters. The third-order valence-corrected chi connectivity index (χ3v) is 1.52. The van der Waals surface area contributed by atoms with E-state index in [9.17, 15) is 9.18 Å². The summed E-state index contributed by atoms with van der Waals surface area (Å²) >= 11 is 0. The Morgan fingerprint density at radius 2 is 2.00 bits per heavy atom. The molecular weight excluding hydrogens is 201 g/mol. The molecule has 0 saturated heterocycles. The number of esters is 1. The summed E-state index contributed by atoms with van der Waals surface area (Å²) in [6.07, 6.45) is 1.31. The van der Waals surface area contributed by atoms with E-state index in [1.54, 1.807) is 6.07 Å². The van der Waals surface area contributed by atoms with Gasteiger partial charge in [0.05, 0.1) is 13.2 Å². The van der Waals surface area contributed by atoms with Crippen LogP contribution in [0.25, 0.3) is 0 Å². The van der Waals surface area contributed by atoms with Gasteiger partial charge in [-0.25, -0.2) is 9.18 Å². The van der Waals surface area contributed by atoms with Gasteiger partial charge in [-0.15, -0.1) is 0 Å². The second-order valence-electron chi connectivity index (χ2n) is 2.73. The van der Waals surface area contributed by atoms with Gasteiger partial charge < -0.3 is 9.47 Å². The Morgan fingerprint density at radius 1 is 1.33 bits per heavy atom. The Kier molecular flexibility index (Phi) is 8.30. The first-order valence-electron chi connectivity index (χ1n) is 4.62. The first-order valence-corrected chi connectivity index (χ1v) is 4.62. The van der Waals surface area contributed by atoms with Crippen LogP contribution in [0.15, 0.2) is 12.2 Å². The van der Waals surface area contributed by atoms with E-state index in [0.717, 1.165) is 0 Å². The standard InChI is InChI=1S/C10H14FNO3/c1-9(8-12)10(13)15-6-3-2-5-14-7-4-11/h1-7H2. The van der Waals surface area contributed by atoms with Crippen molar-refractivity contribution in [2.75, 3.05) is 26.5 Å². The molecular formula is C10H14FNO3. The molecule has 84 valence electrons. The molecule has 0 aliphatic carbocycles. The Hall–Kier alpha value is -1.41. The van der Waals surface area contributed by atoms with Crippen LogP contribution in [0, 0.1) is 11.3 Å². The molecule has 0 saturated carbocycles. The molecule has 0 fully saturated rings. The molecule has 0 rings (SSSR count). The molecule has 0 aromatic carbocycles. The fourth-order valence-electron chi connectivity index (χ4n) is 0.760. The molecule has 0 bridgehead atoms. The molecule has 0 aromatic rings. The first kappa shape index (κ1) is 13.6. The van der Waals surface area contributed by atoms with Crippen LogP contribution in [0.5, 0.6) is 0 Å². The predicted octanol–water partition coefficient (Wildman–Crippen LogP) is 1.38. The highest BCUT2D eigenvalue weighted by atomic mass is 19.1. The molecule has 0 N–H and O–H groups in total. The maximum absolute atomic E-state index is 11.6. The number of ether oxygens (including phenoxy) is 2. The third-order valence-electron chi connectivity index (χ3n) is 1.52. The van der Waals surface area contributed by atoms with Gasteiger partial charge in [-0.2, -0.15) is 5.26 Å². The Balaban J connectivity index is 3.28. The van der Waals surface area contributed by atoms with Gasteiger partial charge in [0.2, 0.25) is 0 Å². The minimum atomic E-state index is -0.692.